The van der Waals surface area contributed by atoms with E-state index in [0.29, 0.717) is 42.2 Å². The summed E-state index contributed by atoms with van der Waals surface area (Å²) in [5, 5.41) is 14.8. The van der Waals surface area contributed by atoms with Crippen molar-refractivity contribution in [2.24, 2.45) is 11.7 Å². The summed E-state index contributed by atoms with van der Waals surface area (Å²) in [7, 11) is 0. The lowest BCUT2D eigenvalue weighted by atomic mass is 9.84. The monoisotopic (exact) mass is 487 g/mol. The lowest BCUT2D eigenvalue weighted by Gasteiger charge is -2.32. The second-order valence-corrected chi connectivity index (χ2v) is 9.83. The predicted molar refractivity (Wildman–Crippen MR) is 137 cm³/mol. The maximum absolute atomic E-state index is 13.2. The Labute approximate surface area is 211 Å². The number of likely N-dealkylation sites (tertiary alicyclic amines) is 1. The van der Waals surface area contributed by atoms with Crippen LogP contribution in [0, 0.1) is 24.2 Å². The number of rotatable bonds is 5. The Morgan fingerprint density at radius 2 is 1.69 bits per heavy atom. The first-order valence-electron chi connectivity index (χ1n) is 12.6. The van der Waals surface area contributed by atoms with Crippen LogP contribution in [0.4, 0.5) is 10.5 Å². The second kappa shape index (κ2) is 11.3. The molecule has 2 aromatic rings. The van der Waals surface area contributed by atoms with Crippen LogP contribution in [0.2, 0.25) is 0 Å². The summed E-state index contributed by atoms with van der Waals surface area (Å²) >= 11 is 0. The quantitative estimate of drug-likeness (QED) is 0.588. The van der Waals surface area contributed by atoms with E-state index in [9.17, 15) is 14.4 Å². The molecule has 0 radical (unpaired) electrons. The number of carbonyl (C=O) groups is 3. The second-order valence-electron chi connectivity index (χ2n) is 9.83. The maximum Gasteiger partial charge on any atom is 0.319 e. The van der Waals surface area contributed by atoms with Gasteiger partial charge >= 0.3 is 6.03 Å². The zero-order valence-electron chi connectivity index (χ0n) is 20.6. The SMILES string of the molecule is Cc1ccc(C(=O)N2CCC(c3ccc(C#N)cc3)CC2)cc1NC(=O)NC1CCCC[C@@H]1C(N)=O. The first kappa shape index (κ1) is 25.2. The van der Waals surface area contributed by atoms with E-state index >= 15 is 0 Å². The third kappa shape index (κ3) is 5.85. The molecule has 36 heavy (non-hydrogen) atoms. The minimum absolute atomic E-state index is 0.0576. The van der Waals surface area contributed by atoms with Crippen molar-refractivity contribution in [3.8, 4) is 6.07 Å². The molecule has 2 aliphatic rings. The van der Waals surface area contributed by atoms with Crippen LogP contribution in [-0.2, 0) is 4.79 Å². The van der Waals surface area contributed by atoms with Gasteiger partial charge in [0.2, 0.25) is 5.91 Å². The number of hydrogen-bond acceptors (Lipinski definition) is 4. The largest absolute Gasteiger partial charge is 0.369 e. The molecule has 1 heterocycles. The fourth-order valence-corrected chi connectivity index (χ4v) is 5.29. The molecule has 1 saturated heterocycles. The molecule has 4 amide bonds. The van der Waals surface area contributed by atoms with Crippen molar-refractivity contribution in [1.82, 2.24) is 10.2 Å². The van der Waals surface area contributed by atoms with Crippen molar-refractivity contribution in [3.05, 3.63) is 64.7 Å². The number of anilines is 1. The van der Waals surface area contributed by atoms with Crippen LogP contribution >= 0.6 is 0 Å². The number of benzene rings is 2. The Bertz CT molecular complexity index is 1160. The van der Waals surface area contributed by atoms with E-state index < -0.39 is 6.03 Å². The van der Waals surface area contributed by atoms with Crippen LogP contribution in [0.25, 0.3) is 0 Å². The number of nitrogens with two attached hydrogens (primary N) is 1. The van der Waals surface area contributed by atoms with Crippen molar-refractivity contribution in [3.63, 3.8) is 0 Å². The van der Waals surface area contributed by atoms with Gasteiger partial charge in [-0.25, -0.2) is 4.79 Å². The summed E-state index contributed by atoms with van der Waals surface area (Å²) in [4.78, 5) is 39.5. The number of primary amides is 1. The van der Waals surface area contributed by atoms with E-state index in [2.05, 4.69) is 16.7 Å². The van der Waals surface area contributed by atoms with Crippen molar-refractivity contribution in [1.29, 1.82) is 5.26 Å². The van der Waals surface area contributed by atoms with Gasteiger partial charge in [0.25, 0.3) is 5.91 Å². The molecular formula is C28H33N5O3. The van der Waals surface area contributed by atoms with Crippen molar-refractivity contribution in [2.45, 2.75) is 57.4 Å². The van der Waals surface area contributed by atoms with Crippen LogP contribution < -0.4 is 16.4 Å². The van der Waals surface area contributed by atoms with E-state index in [1.165, 1.54) is 5.56 Å². The third-order valence-electron chi connectivity index (χ3n) is 7.47. The topological polar surface area (TPSA) is 128 Å². The van der Waals surface area contributed by atoms with Crippen LogP contribution in [-0.4, -0.2) is 41.9 Å². The molecular weight excluding hydrogens is 454 g/mol. The summed E-state index contributed by atoms with van der Waals surface area (Å²) in [5.41, 5.74) is 9.31. The minimum atomic E-state index is -0.399. The molecule has 2 aromatic carbocycles. The Kier molecular flexibility index (Phi) is 7.89. The van der Waals surface area contributed by atoms with E-state index in [1.807, 2.05) is 42.2 Å². The Hall–Kier alpha value is -3.86. The summed E-state index contributed by atoms with van der Waals surface area (Å²) in [6, 6.07) is 14.5. The average molecular weight is 488 g/mol. The summed E-state index contributed by atoms with van der Waals surface area (Å²) in [6.45, 7) is 3.17. The Morgan fingerprint density at radius 3 is 2.36 bits per heavy atom. The number of hydrogen-bond donors (Lipinski definition) is 3. The smallest absolute Gasteiger partial charge is 0.319 e. The third-order valence-corrected chi connectivity index (χ3v) is 7.47. The van der Waals surface area contributed by atoms with E-state index in [0.717, 1.165) is 37.7 Å². The molecule has 8 heteroatoms. The average Bonchev–Trinajstić information content (AvgIpc) is 2.90. The van der Waals surface area contributed by atoms with E-state index in [4.69, 9.17) is 11.0 Å². The van der Waals surface area contributed by atoms with Crippen LogP contribution in [0.5, 0.6) is 0 Å². The van der Waals surface area contributed by atoms with Gasteiger partial charge in [-0.1, -0.05) is 31.0 Å². The van der Waals surface area contributed by atoms with Gasteiger partial charge in [0.05, 0.1) is 17.6 Å². The first-order chi connectivity index (χ1) is 17.4. The fourth-order valence-electron chi connectivity index (χ4n) is 5.29. The molecule has 1 aliphatic carbocycles. The lowest BCUT2D eigenvalue weighted by Crippen LogP contribution is -2.48. The zero-order valence-corrected chi connectivity index (χ0v) is 20.6. The van der Waals surface area contributed by atoms with Crippen LogP contribution in [0.1, 0.15) is 71.5 Å². The van der Waals surface area contributed by atoms with Crippen molar-refractivity contribution in [2.75, 3.05) is 18.4 Å². The van der Waals surface area contributed by atoms with Crippen molar-refractivity contribution >= 4 is 23.5 Å². The number of piperidine rings is 1. The fraction of sp³-hybridized carbons (Fsp3) is 0.429. The first-order valence-corrected chi connectivity index (χ1v) is 12.6. The zero-order chi connectivity index (χ0) is 25.7. The Balaban J connectivity index is 1.36. The minimum Gasteiger partial charge on any atom is -0.369 e. The Morgan fingerprint density at radius 1 is 1.00 bits per heavy atom. The summed E-state index contributed by atoms with van der Waals surface area (Å²) in [5.74, 6) is -0.431. The molecule has 4 rings (SSSR count). The molecule has 0 aromatic heterocycles. The summed E-state index contributed by atoms with van der Waals surface area (Å²) in [6.07, 6.45) is 5.00. The van der Waals surface area contributed by atoms with Gasteiger partial charge < -0.3 is 21.3 Å². The molecule has 1 saturated carbocycles. The molecule has 1 aliphatic heterocycles. The highest BCUT2D eigenvalue weighted by Gasteiger charge is 2.31. The number of carbonyl (C=O) groups excluding carboxylic acids is 3. The van der Waals surface area contributed by atoms with Gasteiger partial charge in [0.1, 0.15) is 0 Å². The van der Waals surface area contributed by atoms with Gasteiger partial charge in [-0.2, -0.15) is 5.26 Å². The number of nitrogens with one attached hydrogen (secondary N) is 2. The van der Waals surface area contributed by atoms with E-state index in [1.54, 1.807) is 12.1 Å². The summed E-state index contributed by atoms with van der Waals surface area (Å²) < 4.78 is 0. The molecule has 8 nitrogen and oxygen atoms in total. The molecule has 1 unspecified atom stereocenters. The standard InChI is InChI=1S/C28H33N5O3/c1-18-6-9-22(16-25(18)32-28(36)31-24-5-3-2-4-23(24)26(30)34)27(35)33-14-12-21(13-15-33)20-10-7-19(17-29)8-11-20/h6-11,16,21,23-24H,2-5,12-15H2,1H3,(H2,30,34)(H2,31,32,36)/t23-,24?/m0/s1. The maximum atomic E-state index is 13.2. The molecule has 0 bridgehead atoms. The normalized spacial score (nSPS) is 20.3. The highest BCUT2D eigenvalue weighted by atomic mass is 16.2. The molecule has 0 spiro atoms. The number of nitriles is 1. The lowest BCUT2D eigenvalue weighted by molar-refractivity contribution is -0.123. The highest BCUT2D eigenvalue weighted by molar-refractivity contribution is 5.97. The predicted octanol–water partition coefficient (Wildman–Crippen LogP) is 4.05. The van der Waals surface area contributed by atoms with Crippen molar-refractivity contribution < 1.29 is 14.4 Å². The highest BCUT2D eigenvalue weighted by Crippen LogP contribution is 2.29. The van der Waals surface area contributed by atoms with Crippen LogP contribution in [0.15, 0.2) is 42.5 Å². The van der Waals surface area contributed by atoms with Gasteiger partial charge in [-0.3, -0.25) is 9.59 Å². The van der Waals surface area contributed by atoms with Gasteiger partial charge in [-0.15, -0.1) is 0 Å². The van der Waals surface area contributed by atoms with Gasteiger partial charge in [0, 0.05) is 30.4 Å². The molecule has 188 valence electrons. The number of amides is 4. The number of urea groups is 1. The molecule has 4 N–H and O–H groups in total. The van der Waals surface area contributed by atoms with Crippen LogP contribution in [0.3, 0.4) is 0 Å². The number of aryl methyl sites for hydroxylation is 1. The van der Waals surface area contributed by atoms with Gasteiger partial charge in [0.15, 0.2) is 0 Å². The van der Waals surface area contributed by atoms with Gasteiger partial charge in [-0.05, 0) is 73.9 Å². The molecule has 2 fully saturated rings. The molecule has 2 atom stereocenters. The van der Waals surface area contributed by atoms with E-state index in [-0.39, 0.29) is 23.8 Å². The number of nitrogens with zero attached hydrogens (tertiary/aromatic N) is 2.